The Bertz CT molecular complexity index is 1660. The summed E-state index contributed by atoms with van der Waals surface area (Å²) in [5, 5.41) is 21.7. The second kappa shape index (κ2) is 11.0. The predicted molar refractivity (Wildman–Crippen MR) is 141 cm³/mol. The van der Waals surface area contributed by atoms with Crippen LogP contribution in [0.15, 0.2) is 51.4 Å². The quantitative estimate of drug-likeness (QED) is 0.251. The third kappa shape index (κ3) is 4.83. The molecule has 1 unspecified atom stereocenters. The first-order valence-electron chi connectivity index (χ1n) is 11.6. The minimum Gasteiger partial charge on any atom is -0.502 e. The van der Waals surface area contributed by atoms with Gasteiger partial charge in [0, 0.05) is 11.6 Å². The molecule has 0 aliphatic carbocycles. The fourth-order valence-corrected chi connectivity index (χ4v) is 5.36. The van der Waals surface area contributed by atoms with E-state index in [1.165, 1.54) is 44.1 Å². The molecule has 2 heterocycles. The number of fused-ring (bicyclic) bond motifs is 1. The molecule has 0 amide bonds. The number of carbonyl (C=O) groups excluding carboxylic acids is 1. The number of nitro groups is 1. The van der Waals surface area contributed by atoms with Gasteiger partial charge in [-0.2, -0.15) is 0 Å². The van der Waals surface area contributed by atoms with Crippen LogP contribution < -0.4 is 29.1 Å². The lowest BCUT2D eigenvalue weighted by atomic mass is 9.95. The van der Waals surface area contributed by atoms with Gasteiger partial charge in [-0.05, 0) is 37.6 Å². The Labute approximate surface area is 225 Å². The number of benzene rings is 2. The number of phenolic OH excluding ortho intramolecular Hbond substituents is 1. The molecule has 0 spiro atoms. The number of esters is 1. The van der Waals surface area contributed by atoms with Crippen molar-refractivity contribution in [3.05, 3.63) is 82.5 Å². The molecule has 204 valence electrons. The van der Waals surface area contributed by atoms with Crippen LogP contribution in [0.1, 0.15) is 31.0 Å². The third-order valence-electron chi connectivity index (χ3n) is 6.05. The molecule has 3 aromatic rings. The Morgan fingerprint density at radius 1 is 1.21 bits per heavy atom. The number of phenols is 1. The maximum absolute atomic E-state index is 13.8. The molecule has 0 saturated heterocycles. The molecular weight excluding hydrogens is 530 g/mol. The Morgan fingerprint density at radius 3 is 2.44 bits per heavy atom. The number of hydrogen-bond donors (Lipinski definition) is 1. The van der Waals surface area contributed by atoms with E-state index in [9.17, 15) is 24.8 Å². The summed E-state index contributed by atoms with van der Waals surface area (Å²) in [4.78, 5) is 42.3. The minimum atomic E-state index is -0.977. The number of methoxy groups -OCH3 is 3. The van der Waals surface area contributed by atoms with Crippen molar-refractivity contribution < 1.29 is 33.8 Å². The first-order chi connectivity index (χ1) is 18.7. The van der Waals surface area contributed by atoms with Gasteiger partial charge in [-0.3, -0.25) is 19.5 Å². The highest BCUT2D eigenvalue weighted by atomic mass is 32.1. The summed E-state index contributed by atoms with van der Waals surface area (Å²) in [6.07, 6.45) is 1.35. The van der Waals surface area contributed by atoms with Gasteiger partial charge < -0.3 is 24.1 Å². The van der Waals surface area contributed by atoms with E-state index in [2.05, 4.69) is 4.99 Å². The summed E-state index contributed by atoms with van der Waals surface area (Å²) < 4.78 is 23.2. The number of nitro benzene ring substituents is 1. The van der Waals surface area contributed by atoms with Crippen LogP contribution in [0.4, 0.5) is 5.69 Å². The largest absolute Gasteiger partial charge is 0.502 e. The van der Waals surface area contributed by atoms with Gasteiger partial charge in [-0.15, -0.1) is 0 Å². The lowest BCUT2D eigenvalue weighted by molar-refractivity contribution is -0.385. The topological polar surface area (TPSA) is 152 Å². The molecular formula is C26H25N3O9S. The summed E-state index contributed by atoms with van der Waals surface area (Å²) in [5.74, 6) is -0.265. The molecule has 1 aliphatic rings. The minimum absolute atomic E-state index is 0.0835. The average Bonchev–Trinajstić information content (AvgIpc) is 3.21. The number of carbonyl (C=O) groups is 1. The molecule has 0 fully saturated rings. The van der Waals surface area contributed by atoms with Gasteiger partial charge >= 0.3 is 11.7 Å². The van der Waals surface area contributed by atoms with E-state index in [0.717, 1.165) is 17.4 Å². The lowest BCUT2D eigenvalue weighted by Crippen LogP contribution is -2.40. The van der Waals surface area contributed by atoms with Gasteiger partial charge in [0.1, 0.15) is 0 Å². The van der Waals surface area contributed by atoms with Crippen molar-refractivity contribution in [2.75, 3.05) is 27.9 Å². The standard InChI is InChI=1S/C26H25N3O9S/c1-6-38-25(32)20-13(2)27-26-28(21(20)15-10-17(35-3)23(37-5)18(11-15)36-4)24(31)19(39-26)12-14-8-7-9-16(22(14)30)29(33)34/h7-12,21,30H,6H2,1-5H3/b19-12-. The molecule has 4 rings (SSSR count). The summed E-state index contributed by atoms with van der Waals surface area (Å²) in [7, 11) is 4.36. The fourth-order valence-electron chi connectivity index (χ4n) is 4.32. The zero-order valence-electron chi connectivity index (χ0n) is 21.7. The summed E-state index contributed by atoms with van der Waals surface area (Å²) in [5.41, 5.74) is 0.0132. The number of aromatic hydroxyl groups is 1. The average molecular weight is 556 g/mol. The van der Waals surface area contributed by atoms with Gasteiger partial charge in [-0.25, -0.2) is 9.79 Å². The van der Waals surface area contributed by atoms with Crippen LogP contribution in [0.3, 0.4) is 0 Å². The molecule has 13 heteroatoms. The third-order valence-corrected chi connectivity index (χ3v) is 7.03. The van der Waals surface area contributed by atoms with Crippen LogP contribution in [-0.2, 0) is 9.53 Å². The van der Waals surface area contributed by atoms with Gasteiger partial charge in [0.25, 0.3) is 5.56 Å². The zero-order chi connectivity index (χ0) is 28.4. The molecule has 1 N–H and O–H groups in total. The van der Waals surface area contributed by atoms with Crippen molar-refractivity contribution in [2.45, 2.75) is 19.9 Å². The maximum Gasteiger partial charge on any atom is 0.338 e. The van der Waals surface area contributed by atoms with E-state index in [4.69, 9.17) is 18.9 Å². The number of para-hydroxylation sites is 1. The van der Waals surface area contributed by atoms with E-state index in [1.807, 2.05) is 0 Å². The molecule has 0 saturated carbocycles. The van der Waals surface area contributed by atoms with Gasteiger partial charge in [0.05, 0.1) is 54.7 Å². The van der Waals surface area contributed by atoms with Crippen molar-refractivity contribution in [3.63, 3.8) is 0 Å². The second-order valence-corrected chi connectivity index (χ2v) is 9.24. The van der Waals surface area contributed by atoms with Crippen molar-refractivity contribution >= 4 is 29.1 Å². The fraction of sp³-hybridized carbons (Fsp3) is 0.269. The number of allylic oxidation sites excluding steroid dienone is 1. The number of rotatable bonds is 8. The Morgan fingerprint density at radius 2 is 1.87 bits per heavy atom. The second-order valence-electron chi connectivity index (χ2n) is 8.23. The molecule has 12 nitrogen and oxygen atoms in total. The lowest BCUT2D eigenvalue weighted by Gasteiger charge is -2.26. The summed E-state index contributed by atoms with van der Waals surface area (Å²) in [6, 6.07) is 6.30. The zero-order valence-corrected chi connectivity index (χ0v) is 22.5. The van der Waals surface area contributed by atoms with Crippen LogP contribution in [0.25, 0.3) is 6.08 Å². The number of thiazole rings is 1. The van der Waals surface area contributed by atoms with Gasteiger partial charge in [-0.1, -0.05) is 23.5 Å². The van der Waals surface area contributed by atoms with E-state index < -0.39 is 33.9 Å². The smallest absolute Gasteiger partial charge is 0.338 e. The Balaban J connectivity index is 2.03. The SMILES string of the molecule is CCOC(=O)C1=C(C)N=c2s/c(=C\c3cccc([N+](=O)[O-])c3O)c(=O)n2C1c1cc(OC)c(OC)c(OC)c1. The van der Waals surface area contributed by atoms with Crippen molar-refractivity contribution in [1.82, 2.24) is 4.57 Å². The highest BCUT2D eigenvalue weighted by molar-refractivity contribution is 7.07. The van der Waals surface area contributed by atoms with E-state index in [-0.39, 0.29) is 27.1 Å². The molecule has 2 aromatic carbocycles. The van der Waals surface area contributed by atoms with Crippen molar-refractivity contribution in [2.24, 2.45) is 4.99 Å². The number of aromatic nitrogens is 1. The molecule has 0 bridgehead atoms. The van der Waals surface area contributed by atoms with Gasteiger partial charge in [0.2, 0.25) is 11.5 Å². The number of hydrogen-bond acceptors (Lipinski definition) is 11. The van der Waals surface area contributed by atoms with Crippen molar-refractivity contribution in [1.29, 1.82) is 0 Å². The van der Waals surface area contributed by atoms with E-state index >= 15 is 0 Å². The Kier molecular flexibility index (Phi) is 7.72. The van der Waals surface area contributed by atoms with Crippen molar-refractivity contribution in [3.8, 4) is 23.0 Å². The normalized spacial score (nSPS) is 14.9. The first-order valence-corrected chi connectivity index (χ1v) is 12.4. The predicted octanol–water partition coefficient (Wildman–Crippen LogP) is 2.44. The Hall–Kier alpha value is -4.65. The van der Waals surface area contributed by atoms with Crippen LogP contribution in [0.2, 0.25) is 0 Å². The van der Waals surface area contributed by atoms with E-state index in [0.29, 0.717) is 28.5 Å². The number of ether oxygens (including phenoxy) is 4. The summed E-state index contributed by atoms with van der Waals surface area (Å²) in [6.45, 7) is 3.41. The van der Waals surface area contributed by atoms with Gasteiger partial charge in [0.15, 0.2) is 16.3 Å². The molecule has 39 heavy (non-hydrogen) atoms. The monoisotopic (exact) mass is 555 g/mol. The maximum atomic E-state index is 13.8. The number of nitrogens with zero attached hydrogens (tertiary/aromatic N) is 3. The van der Waals surface area contributed by atoms with E-state index in [1.54, 1.807) is 26.0 Å². The highest BCUT2D eigenvalue weighted by Crippen LogP contribution is 2.42. The molecule has 1 atom stereocenters. The molecule has 0 radical (unpaired) electrons. The molecule has 1 aromatic heterocycles. The highest BCUT2D eigenvalue weighted by Gasteiger charge is 2.34. The van der Waals surface area contributed by atoms with Crippen LogP contribution >= 0.6 is 11.3 Å². The van der Waals surface area contributed by atoms with Crippen LogP contribution in [0, 0.1) is 10.1 Å². The first kappa shape index (κ1) is 27.4. The van der Waals surface area contributed by atoms with Crippen LogP contribution in [0.5, 0.6) is 23.0 Å². The van der Waals surface area contributed by atoms with Crippen LogP contribution in [-0.4, -0.2) is 48.5 Å². The summed E-state index contributed by atoms with van der Waals surface area (Å²) >= 11 is 1.01. The molecule has 1 aliphatic heterocycles.